The summed E-state index contributed by atoms with van der Waals surface area (Å²) in [6, 6.07) is 8.37. The minimum atomic E-state index is -4.51. The molecule has 6 nitrogen and oxygen atoms in total. The Morgan fingerprint density at radius 2 is 1.72 bits per heavy atom. The van der Waals surface area contributed by atoms with Gasteiger partial charge in [0, 0.05) is 13.1 Å². The Morgan fingerprint density at radius 1 is 1.03 bits per heavy atom. The summed E-state index contributed by atoms with van der Waals surface area (Å²) in [6.07, 6.45) is -1.11. The third-order valence-corrected chi connectivity index (χ3v) is 7.13. The molecule has 0 aromatic heterocycles. The van der Waals surface area contributed by atoms with Gasteiger partial charge in [-0.15, -0.1) is 0 Å². The molecule has 0 amide bonds. The molecule has 0 N–H and O–H groups in total. The molecule has 174 valence electrons. The summed E-state index contributed by atoms with van der Waals surface area (Å²) in [6.45, 7) is 0.383. The van der Waals surface area contributed by atoms with Gasteiger partial charge in [0.05, 0.1) is 18.2 Å². The maximum atomic E-state index is 13.2. The number of sulfonamides is 1. The molecule has 32 heavy (non-hydrogen) atoms. The van der Waals surface area contributed by atoms with Crippen LogP contribution in [0.3, 0.4) is 0 Å². The highest BCUT2D eigenvalue weighted by molar-refractivity contribution is 7.89. The lowest BCUT2D eigenvalue weighted by Gasteiger charge is -2.21. The van der Waals surface area contributed by atoms with Crippen molar-refractivity contribution in [2.45, 2.75) is 43.4 Å². The Labute approximate surface area is 185 Å². The first-order valence-electron chi connectivity index (χ1n) is 10.1. The summed E-state index contributed by atoms with van der Waals surface area (Å²) < 4.78 is 76.7. The molecule has 0 aliphatic carbocycles. The number of alkyl halides is 3. The van der Waals surface area contributed by atoms with Crippen molar-refractivity contribution in [2.24, 2.45) is 0 Å². The van der Waals surface area contributed by atoms with Gasteiger partial charge in [-0.25, -0.2) is 13.2 Å². The van der Waals surface area contributed by atoms with Gasteiger partial charge >= 0.3 is 12.1 Å². The second-order valence-corrected chi connectivity index (χ2v) is 9.36. The Kier molecular flexibility index (Phi) is 7.45. The van der Waals surface area contributed by atoms with E-state index >= 15 is 0 Å². The molecule has 0 radical (unpaired) electrons. The van der Waals surface area contributed by atoms with Gasteiger partial charge in [0.15, 0.2) is 0 Å². The van der Waals surface area contributed by atoms with Gasteiger partial charge in [-0.3, -0.25) is 0 Å². The fourth-order valence-electron chi connectivity index (χ4n) is 3.50. The molecular formula is C22H24F3NO5S. The van der Waals surface area contributed by atoms with E-state index < -0.39 is 27.7 Å². The molecule has 3 rings (SSSR count). The first-order chi connectivity index (χ1) is 15.1. The molecule has 10 heteroatoms. The lowest BCUT2D eigenvalue weighted by Crippen LogP contribution is -2.32. The summed E-state index contributed by atoms with van der Waals surface area (Å²) in [4.78, 5) is 12.4. The second kappa shape index (κ2) is 9.91. The van der Waals surface area contributed by atoms with Gasteiger partial charge in [0.2, 0.25) is 10.0 Å². The molecule has 0 saturated carbocycles. The van der Waals surface area contributed by atoms with E-state index in [1.165, 1.54) is 41.7 Å². The molecule has 0 bridgehead atoms. The molecule has 2 aromatic rings. The minimum Gasteiger partial charge on any atom is -0.495 e. The van der Waals surface area contributed by atoms with Gasteiger partial charge in [-0.2, -0.15) is 17.5 Å². The minimum absolute atomic E-state index is 0.0360. The van der Waals surface area contributed by atoms with Crippen LogP contribution in [0.1, 0.15) is 47.2 Å². The molecule has 1 aliphatic rings. The van der Waals surface area contributed by atoms with Crippen molar-refractivity contribution in [2.75, 3.05) is 20.2 Å². The van der Waals surface area contributed by atoms with Crippen molar-refractivity contribution >= 4 is 16.0 Å². The third kappa shape index (κ3) is 5.60. The number of esters is 1. The van der Waals surface area contributed by atoms with E-state index in [1.54, 1.807) is 0 Å². The quantitative estimate of drug-likeness (QED) is 0.574. The van der Waals surface area contributed by atoms with Crippen LogP contribution in [-0.2, 0) is 27.5 Å². The van der Waals surface area contributed by atoms with Crippen molar-refractivity contribution in [3.8, 4) is 5.75 Å². The maximum absolute atomic E-state index is 13.2. The number of hydrogen-bond acceptors (Lipinski definition) is 5. The number of ether oxygens (including phenoxy) is 2. The molecule has 1 saturated heterocycles. The van der Waals surface area contributed by atoms with Crippen LogP contribution in [0.2, 0.25) is 0 Å². The molecule has 0 spiro atoms. The Balaban J connectivity index is 1.81. The molecule has 1 fully saturated rings. The number of nitrogens with zero attached hydrogens (tertiary/aromatic N) is 1. The fourth-order valence-corrected chi connectivity index (χ4v) is 5.19. The van der Waals surface area contributed by atoms with Crippen molar-refractivity contribution in [3.05, 3.63) is 59.2 Å². The SMILES string of the molecule is COc1ccc(C(=O)OCc2cccc(C(F)(F)F)c2)cc1S(=O)(=O)N1CCCCCC1. The van der Waals surface area contributed by atoms with Crippen LogP contribution in [0.4, 0.5) is 13.2 Å². The van der Waals surface area contributed by atoms with E-state index in [1.807, 2.05) is 0 Å². The van der Waals surface area contributed by atoms with E-state index in [2.05, 4.69) is 0 Å². The summed E-state index contributed by atoms with van der Waals surface area (Å²) in [7, 11) is -2.56. The standard InChI is InChI=1S/C22H24F3NO5S/c1-30-19-10-9-17(14-20(19)32(28,29)26-11-4-2-3-5-12-26)21(27)31-15-16-7-6-8-18(13-16)22(23,24)25/h6-10,13-14H,2-5,11-12,15H2,1H3. The van der Waals surface area contributed by atoms with Crippen molar-refractivity contribution < 1.29 is 35.9 Å². The predicted molar refractivity (Wildman–Crippen MR) is 111 cm³/mol. The molecule has 2 aromatic carbocycles. The number of hydrogen-bond donors (Lipinski definition) is 0. The average Bonchev–Trinajstić information content (AvgIpc) is 3.07. The zero-order valence-corrected chi connectivity index (χ0v) is 18.3. The maximum Gasteiger partial charge on any atom is 0.416 e. The van der Waals surface area contributed by atoms with Gasteiger partial charge in [0.25, 0.3) is 0 Å². The average molecular weight is 471 g/mol. The Morgan fingerprint density at radius 3 is 2.34 bits per heavy atom. The van der Waals surface area contributed by atoms with Crippen LogP contribution in [0.25, 0.3) is 0 Å². The predicted octanol–water partition coefficient (Wildman–Crippen LogP) is 4.64. The van der Waals surface area contributed by atoms with Crippen LogP contribution in [0.5, 0.6) is 5.75 Å². The fraction of sp³-hybridized carbons (Fsp3) is 0.409. The van der Waals surface area contributed by atoms with Gasteiger partial charge in [-0.05, 0) is 48.7 Å². The van der Waals surface area contributed by atoms with Gasteiger partial charge in [0.1, 0.15) is 17.3 Å². The van der Waals surface area contributed by atoms with Gasteiger partial charge < -0.3 is 9.47 Å². The first-order valence-corrected chi connectivity index (χ1v) is 11.6. The number of carbonyl (C=O) groups is 1. The van der Waals surface area contributed by atoms with Crippen LogP contribution in [0.15, 0.2) is 47.4 Å². The van der Waals surface area contributed by atoms with Crippen molar-refractivity contribution in [3.63, 3.8) is 0 Å². The van der Waals surface area contributed by atoms with E-state index in [-0.39, 0.29) is 28.4 Å². The van der Waals surface area contributed by atoms with E-state index in [9.17, 15) is 26.4 Å². The smallest absolute Gasteiger partial charge is 0.416 e. The zero-order chi connectivity index (χ0) is 23.4. The lowest BCUT2D eigenvalue weighted by molar-refractivity contribution is -0.137. The van der Waals surface area contributed by atoms with Crippen molar-refractivity contribution in [1.82, 2.24) is 4.31 Å². The summed E-state index contributed by atoms with van der Waals surface area (Å²) in [5, 5.41) is 0. The Bertz CT molecular complexity index is 1060. The second-order valence-electron chi connectivity index (χ2n) is 7.46. The molecule has 0 atom stereocenters. The largest absolute Gasteiger partial charge is 0.495 e. The van der Waals surface area contributed by atoms with Crippen molar-refractivity contribution in [1.29, 1.82) is 0 Å². The normalized spacial score (nSPS) is 15.8. The number of methoxy groups -OCH3 is 1. The van der Waals surface area contributed by atoms with Crippen LogP contribution >= 0.6 is 0 Å². The van der Waals surface area contributed by atoms with Crippen LogP contribution < -0.4 is 4.74 Å². The number of carbonyl (C=O) groups excluding carboxylic acids is 1. The van der Waals surface area contributed by atoms with Crippen LogP contribution in [-0.4, -0.2) is 38.9 Å². The molecule has 1 heterocycles. The highest BCUT2D eigenvalue weighted by Gasteiger charge is 2.31. The van der Waals surface area contributed by atoms with E-state index in [0.717, 1.165) is 37.8 Å². The number of rotatable bonds is 6. The zero-order valence-electron chi connectivity index (χ0n) is 17.5. The number of benzene rings is 2. The highest BCUT2D eigenvalue weighted by Crippen LogP contribution is 2.31. The monoisotopic (exact) mass is 471 g/mol. The molecule has 0 unspecified atom stereocenters. The van der Waals surface area contributed by atoms with Gasteiger partial charge in [-0.1, -0.05) is 25.0 Å². The van der Waals surface area contributed by atoms with E-state index in [0.29, 0.717) is 13.1 Å². The lowest BCUT2D eigenvalue weighted by atomic mass is 10.1. The highest BCUT2D eigenvalue weighted by atomic mass is 32.2. The molecular weight excluding hydrogens is 447 g/mol. The summed E-state index contributed by atoms with van der Waals surface area (Å²) >= 11 is 0. The third-order valence-electron chi connectivity index (χ3n) is 5.21. The number of halogens is 3. The summed E-state index contributed by atoms with van der Waals surface area (Å²) in [5.41, 5.74) is -0.716. The Hall–Kier alpha value is -2.59. The van der Waals surface area contributed by atoms with Crippen LogP contribution in [0, 0.1) is 0 Å². The molecule has 1 aliphatic heterocycles. The first kappa shape index (κ1) is 24.1. The van der Waals surface area contributed by atoms with E-state index in [4.69, 9.17) is 9.47 Å². The topological polar surface area (TPSA) is 72.9 Å². The summed E-state index contributed by atoms with van der Waals surface area (Å²) in [5.74, 6) is -0.749.